The van der Waals surface area contributed by atoms with Gasteiger partial charge in [0.2, 0.25) is 0 Å². The standard InChI is InChI=1S/C24H21N3O3S/c28-23-6-1-2-11-27(23)14-19-9-7-18(8-10-19)13-25-24(29)20-4-3-5-22(12-20)30-15-21-16-31-17-26-21/h1-12,16-17H,13-15H2,(H,25,29). The molecule has 2 aromatic heterocycles. The average Bonchev–Trinajstić information content (AvgIpc) is 3.32. The average molecular weight is 432 g/mol. The van der Waals surface area contributed by atoms with Gasteiger partial charge >= 0.3 is 0 Å². The van der Waals surface area contributed by atoms with Gasteiger partial charge in [-0.05, 0) is 35.4 Å². The van der Waals surface area contributed by atoms with Gasteiger partial charge in [-0.2, -0.15) is 0 Å². The van der Waals surface area contributed by atoms with Crippen molar-refractivity contribution in [3.05, 3.63) is 117 Å². The summed E-state index contributed by atoms with van der Waals surface area (Å²) in [5, 5.41) is 4.86. The Bertz CT molecular complexity index is 1200. The van der Waals surface area contributed by atoms with E-state index in [0.29, 0.717) is 31.0 Å². The van der Waals surface area contributed by atoms with E-state index in [2.05, 4.69) is 10.3 Å². The number of amides is 1. The molecule has 0 saturated heterocycles. The monoisotopic (exact) mass is 431 g/mol. The number of carbonyl (C=O) groups excluding carboxylic acids is 1. The van der Waals surface area contributed by atoms with Crippen molar-refractivity contribution in [3.8, 4) is 5.75 Å². The predicted molar refractivity (Wildman–Crippen MR) is 120 cm³/mol. The molecule has 0 fully saturated rings. The molecule has 0 unspecified atom stereocenters. The molecule has 1 N–H and O–H groups in total. The van der Waals surface area contributed by atoms with E-state index in [-0.39, 0.29) is 11.5 Å². The zero-order chi connectivity index (χ0) is 21.5. The minimum Gasteiger partial charge on any atom is -0.487 e. The fraction of sp³-hybridized carbons (Fsp3) is 0.125. The molecular formula is C24H21N3O3S. The highest BCUT2D eigenvalue weighted by atomic mass is 32.1. The Hall–Kier alpha value is -3.71. The molecular weight excluding hydrogens is 410 g/mol. The molecule has 0 bridgehead atoms. The van der Waals surface area contributed by atoms with Gasteiger partial charge < -0.3 is 14.6 Å². The number of hydrogen-bond acceptors (Lipinski definition) is 5. The minimum atomic E-state index is -0.168. The summed E-state index contributed by atoms with van der Waals surface area (Å²) >= 11 is 1.52. The SMILES string of the molecule is O=C(NCc1ccc(Cn2ccccc2=O)cc1)c1cccc(OCc2cscn2)c1. The minimum absolute atomic E-state index is 0.0309. The number of nitrogens with zero attached hydrogens (tertiary/aromatic N) is 2. The normalized spacial score (nSPS) is 10.6. The largest absolute Gasteiger partial charge is 0.487 e. The quantitative estimate of drug-likeness (QED) is 0.460. The highest BCUT2D eigenvalue weighted by Crippen LogP contribution is 2.15. The highest BCUT2D eigenvalue weighted by Gasteiger charge is 2.07. The van der Waals surface area contributed by atoms with Crippen molar-refractivity contribution in [3.63, 3.8) is 0 Å². The van der Waals surface area contributed by atoms with Crippen LogP contribution in [0.2, 0.25) is 0 Å². The van der Waals surface area contributed by atoms with E-state index in [0.717, 1.165) is 16.8 Å². The Morgan fingerprint density at radius 3 is 2.65 bits per heavy atom. The van der Waals surface area contributed by atoms with Gasteiger partial charge in [-0.25, -0.2) is 4.98 Å². The zero-order valence-electron chi connectivity index (χ0n) is 16.7. The Morgan fingerprint density at radius 2 is 1.87 bits per heavy atom. The number of carbonyl (C=O) groups is 1. The van der Waals surface area contributed by atoms with Crippen LogP contribution in [0.15, 0.2) is 88.6 Å². The first-order valence-electron chi connectivity index (χ1n) is 9.79. The lowest BCUT2D eigenvalue weighted by atomic mass is 10.1. The number of hydrogen-bond donors (Lipinski definition) is 1. The van der Waals surface area contributed by atoms with E-state index in [1.54, 1.807) is 46.6 Å². The lowest BCUT2D eigenvalue weighted by molar-refractivity contribution is 0.0950. The second kappa shape index (κ2) is 9.86. The van der Waals surface area contributed by atoms with Gasteiger partial charge in [0.15, 0.2) is 0 Å². The molecule has 2 aromatic carbocycles. The third-order valence-electron chi connectivity index (χ3n) is 4.69. The van der Waals surface area contributed by atoms with Crippen LogP contribution in [0.1, 0.15) is 27.2 Å². The molecule has 6 nitrogen and oxygen atoms in total. The number of ether oxygens (including phenoxy) is 1. The summed E-state index contributed by atoms with van der Waals surface area (Å²) in [6.07, 6.45) is 1.77. The van der Waals surface area contributed by atoms with Gasteiger partial charge in [-0.1, -0.05) is 36.4 Å². The van der Waals surface area contributed by atoms with Crippen LogP contribution in [0.3, 0.4) is 0 Å². The first-order valence-corrected chi connectivity index (χ1v) is 10.7. The second-order valence-electron chi connectivity index (χ2n) is 6.96. The van der Waals surface area contributed by atoms with Gasteiger partial charge in [0.25, 0.3) is 11.5 Å². The summed E-state index contributed by atoms with van der Waals surface area (Å²) < 4.78 is 7.37. The molecule has 0 aliphatic heterocycles. The van der Waals surface area contributed by atoms with Crippen LogP contribution in [0.25, 0.3) is 0 Å². The van der Waals surface area contributed by atoms with Gasteiger partial charge in [0.1, 0.15) is 12.4 Å². The first kappa shape index (κ1) is 20.6. The van der Waals surface area contributed by atoms with E-state index < -0.39 is 0 Å². The molecule has 4 rings (SSSR count). The van der Waals surface area contributed by atoms with Gasteiger partial charge in [0.05, 0.1) is 17.7 Å². The van der Waals surface area contributed by atoms with Gasteiger partial charge in [-0.15, -0.1) is 11.3 Å². The molecule has 4 aromatic rings. The molecule has 0 aliphatic rings. The molecule has 0 spiro atoms. The molecule has 7 heteroatoms. The first-order chi connectivity index (χ1) is 15.2. The molecule has 0 aliphatic carbocycles. The van der Waals surface area contributed by atoms with Gasteiger partial charge in [0, 0.05) is 29.8 Å². The summed E-state index contributed by atoms with van der Waals surface area (Å²) in [7, 11) is 0. The summed E-state index contributed by atoms with van der Waals surface area (Å²) in [5.74, 6) is 0.458. The van der Waals surface area contributed by atoms with Crippen LogP contribution >= 0.6 is 11.3 Å². The van der Waals surface area contributed by atoms with Crippen LogP contribution in [0, 0.1) is 0 Å². The lowest BCUT2D eigenvalue weighted by Crippen LogP contribution is -2.22. The fourth-order valence-corrected chi connectivity index (χ4v) is 3.57. The molecule has 2 heterocycles. The van der Waals surface area contributed by atoms with E-state index in [4.69, 9.17) is 4.74 Å². The Balaban J connectivity index is 1.31. The van der Waals surface area contributed by atoms with E-state index in [9.17, 15) is 9.59 Å². The van der Waals surface area contributed by atoms with Crippen molar-refractivity contribution < 1.29 is 9.53 Å². The zero-order valence-corrected chi connectivity index (χ0v) is 17.5. The summed E-state index contributed by atoms with van der Waals surface area (Å²) in [4.78, 5) is 28.5. The maximum Gasteiger partial charge on any atom is 0.251 e. The molecule has 31 heavy (non-hydrogen) atoms. The van der Waals surface area contributed by atoms with Crippen molar-refractivity contribution in [1.29, 1.82) is 0 Å². The van der Waals surface area contributed by atoms with Crippen LogP contribution in [-0.2, 0) is 19.7 Å². The molecule has 0 atom stereocenters. The Labute approximate surface area is 183 Å². The predicted octanol–water partition coefficient (Wildman–Crippen LogP) is 3.86. The molecule has 0 saturated carbocycles. The molecule has 156 valence electrons. The van der Waals surface area contributed by atoms with Crippen LogP contribution < -0.4 is 15.6 Å². The number of benzene rings is 2. The topological polar surface area (TPSA) is 73.2 Å². The maximum absolute atomic E-state index is 12.5. The number of rotatable bonds is 8. The third kappa shape index (κ3) is 5.67. The van der Waals surface area contributed by atoms with E-state index >= 15 is 0 Å². The van der Waals surface area contributed by atoms with Crippen molar-refractivity contribution in [2.75, 3.05) is 0 Å². The number of nitrogens with one attached hydrogen (secondary N) is 1. The number of thiazole rings is 1. The Morgan fingerprint density at radius 1 is 1.03 bits per heavy atom. The van der Waals surface area contributed by atoms with E-state index in [1.807, 2.05) is 41.8 Å². The van der Waals surface area contributed by atoms with Crippen LogP contribution in [0.5, 0.6) is 5.75 Å². The van der Waals surface area contributed by atoms with Crippen LogP contribution in [-0.4, -0.2) is 15.5 Å². The Kier molecular flexibility index (Phi) is 6.54. The highest BCUT2D eigenvalue weighted by molar-refractivity contribution is 7.07. The van der Waals surface area contributed by atoms with E-state index in [1.165, 1.54) is 11.3 Å². The number of pyridine rings is 1. The molecule has 1 amide bonds. The summed E-state index contributed by atoms with van der Waals surface area (Å²) in [6, 6.07) is 20.1. The van der Waals surface area contributed by atoms with Crippen molar-refractivity contribution in [2.24, 2.45) is 0 Å². The molecule has 0 radical (unpaired) electrons. The summed E-state index contributed by atoms with van der Waals surface area (Å²) in [6.45, 7) is 1.30. The summed E-state index contributed by atoms with van der Waals surface area (Å²) in [5.41, 5.74) is 5.13. The second-order valence-corrected chi connectivity index (χ2v) is 7.68. The number of aromatic nitrogens is 2. The van der Waals surface area contributed by atoms with Crippen molar-refractivity contribution in [1.82, 2.24) is 14.9 Å². The van der Waals surface area contributed by atoms with Crippen molar-refractivity contribution in [2.45, 2.75) is 19.7 Å². The van der Waals surface area contributed by atoms with Gasteiger partial charge in [-0.3, -0.25) is 9.59 Å². The lowest BCUT2D eigenvalue weighted by Gasteiger charge is -2.09. The third-order valence-corrected chi connectivity index (χ3v) is 5.33. The van der Waals surface area contributed by atoms with Crippen LogP contribution in [0.4, 0.5) is 0 Å². The maximum atomic E-state index is 12.5. The van der Waals surface area contributed by atoms with Crippen molar-refractivity contribution >= 4 is 17.2 Å². The smallest absolute Gasteiger partial charge is 0.251 e. The fourth-order valence-electron chi connectivity index (χ4n) is 3.03.